The minimum Gasteiger partial charge on any atom is -0.457 e. The summed E-state index contributed by atoms with van der Waals surface area (Å²) in [5, 5.41) is 0. The second-order valence-corrected chi connectivity index (χ2v) is 5.43. The highest BCUT2D eigenvalue weighted by atomic mass is 16.5. The van der Waals surface area contributed by atoms with E-state index in [2.05, 4.69) is 4.98 Å². The predicted octanol–water partition coefficient (Wildman–Crippen LogP) is 4.15. The zero-order valence-electron chi connectivity index (χ0n) is 13.4. The van der Waals surface area contributed by atoms with Gasteiger partial charge in [-0.3, -0.25) is 9.78 Å². The molecule has 3 aromatic rings. The highest BCUT2D eigenvalue weighted by Gasteiger charge is 2.13. The first-order valence-corrected chi connectivity index (χ1v) is 7.71. The van der Waals surface area contributed by atoms with Crippen LogP contribution in [-0.2, 0) is 6.54 Å². The highest BCUT2D eigenvalue weighted by Crippen LogP contribution is 2.22. The molecule has 0 radical (unpaired) electrons. The molecule has 0 saturated heterocycles. The Hall–Kier alpha value is -3.14. The first-order chi connectivity index (χ1) is 11.7. The molecule has 1 amide bonds. The number of amides is 1. The number of nitrogens with zero attached hydrogens (tertiary/aromatic N) is 2. The molecule has 0 aliphatic heterocycles. The second kappa shape index (κ2) is 7.42. The molecule has 1 heterocycles. The minimum atomic E-state index is -0.0702. The van der Waals surface area contributed by atoms with Crippen LogP contribution in [0.1, 0.15) is 16.1 Å². The van der Waals surface area contributed by atoms with E-state index in [9.17, 15) is 4.79 Å². The molecule has 4 heteroatoms. The van der Waals surface area contributed by atoms with Gasteiger partial charge in [-0.05, 0) is 42.5 Å². The maximum absolute atomic E-state index is 12.6. The molecule has 0 aliphatic carbocycles. The third-order valence-electron chi connectivity index (χ3n) is 3.53. The fourth-order valence-electron chi connectivity index (χ4n) is 2.34. The Morgan fingerprint density at radius 3 is 2.46 bits per heavy atom. The fourth-order valence-corrected chi connectivity index (χ4v) is 2.34. The van der Waals surface area contributed by atoms with Crippen LogP contribution in [-0.4, -0.2) is 22.8 Å². The Balaban J connectivity index is 1.72. The Morgan fingerprint density at radius 1 is 0.958 bits per heavy atom. The third kappa shape index (κ3) is 3.98. The lowest BCUT2D eigenvalue weighted by atomic mass is 10.2. The maximum atomic E-state index is 12.6. The first-order valence-electron chi connectivity index (χ1n) is 7.71. The molecule has 0 saturated carbocycles. The van der Waals surface area contributed by atoms with Crippen LogP contribution in [0.25, 0.3) is 0 Å². The number of carbonyl (C=O) groups is 1. The predicted molar refractivity (Wildman–Crippen MR) is 93.0 cm³/mol. The maximum Gasteiger partial charge on any atom is 0.254 e. The molecule has 0 spiro atoms. The molecule has 3 rings (SSSR count). The molecule has 0 atom stereocenters. The quantitative estimate of drug-likeness (QED) is 0.710. The van der Waals surface area contributed by atoms with Crippen molar-refractivity contribution in [3.05, 3.63) is 90.3 Å². The van der Waals surface area contributed by atoms with Gasteiger partial charge in [-0.25, -0.2) is 0 Å². The SMILES string of the molecule is CN(Cc1ccccn1)C(=O)c1cccc(Oc2ccccc2)c1. The summed E-state index contributed by atoms with van der Waals surface area (Å²) in [5.74, 6) is 1.31. The van der Waals surface area contributed by atoms with Gasteiger partial charge in [-0.15, -0.1) is 0 Å². The van der Waals surface area contributed by atoms with E-state index in [-0.39, 0.29) is 5.91 Å². The summed E-state index contributed by atoms with van der Waals surface area (Å²) in [6.07, 6.45) is 1.72. The van der Waals surface area contributed by atoms with Crippen LogP contribution in [0.15, 0.2) is 79.0 Å². The number of carbonyl (C=O) groups excluding carboxylic acids is 1. The highest BCUT2D eigenvalue weighted by molar-refractivity contribution is 5.94. The van der Waals surface area contributed by atoms with E-state index >= 15 is 0 Å². The molecule has 0 bridgehead atoms. The number of hydrogen-bond donors (Lipinski definition) is 0. The monoisotopic (exact) mass is 318 g/mol. The summed E-state index contributed by atoms with van der Waals surface area (Å²) in [6.45, 7) is 0.462. The molecule has 4 nitrogen and oxygen atoms in total. The van der Waals surface area contributed by atoms with Crippen molar-refractivity contribution in [1.82, 2.24) is 9.88 Å². The Kier molecular flexibility index (Phi) is 4.87. The van der Waals surface area contributed by atoms with Crippen molar-refractivity contribution in [2.45, 2.75) is 6.54 Å². The van der Waals surface area contributed by atoms with Crippen molar-refractivity contribution in [2.75, 3.05) is 7.05 Å². The van der Waals surface area contributed by atoms with Gasteiger partial charge < -0.3 is 9.64 Å². The van der Waals surface area contributed by atoms with Gasteiger partial charge in [0.15, 0.2) is 0 Å². The normalized spacial score (nSPS) is 10.2. The molecule has 0 unspecified atom stereocenters. The summed E-state index contributed by atoms with van der Waals surface area (Å²) >= 11 is 0. The van der Waals surface area contributed by atoms with E-state index in [1.54, 1.807) is 30.3 Å². The van der Waals surface area contributed by atoms with Gasteiger partial charge >= 0.3 is 0 Å². The van der Waals surface area contributed by atoms with Gasteiger partial charge in [-0.2, -0.15) is 0 Å². The van der Waals surface area contributed by atoms with Crippen LogP contribution >= 0.6 is 0 Å². The number of ether oxygens (including phenoxy) is 1. The zero-order chi connectivity index (χ0) is 16.8. The standard InChI is InChI=1S/C20H18N2O2/c1-22(15-17-9-5-6-13-21-17)20(23)16-8-7-12-19(14-16)24-18-10-3-2-4-11-18/h2-14H,15H2,1H3. The average molecular weight is 318 g/mol. The number of hydrogen-bond acceptors (Lipinski definition) is 3. The molecule has 0 aliphatic rings. The van der Waals surface area contributed by atoms with Crippen molar-refractivity contribution in [3.63, 3.8) is 0 Å². The van der Waals surface area contributed by atoms with Gasteiger partial charge in [0.25, 0.3) is 5.91 Å². The largest absolute Gasteiger partial charge is 0.457 e. The van der Waals surface area contributed by atoms with Gasteiger partial charge in [0.1, 0.15) is 11.5 Å². The van der Waals surface area contributed by atoms with Gasteiger partial charge in [0.2, 0.25) is 0 Å². The summed E-state index contributed by atoms with van der Waals surface area (Å²) in [6, 6.07) is 22.4. The molecule has 0 fully saturated rings. The summed E-state index contributed by atoms with van der Waals surface area (Å²) in [7, 11) is 1.77. The second-order valence-electron chi connectivity index (χ2n) is 5.43. The molecule has 1 aromatic heterocycles. The van der Waals surface area contributed by atoms with E-state index in [1.807, 2.05) is 60.7 Å². The van der Waals surface area contributed by atoms with E-state index in [4.69, 9.17) is 4.74 Å². The molecule has 120 valence electrons. The van der Waals surface area contributed by atoms with Crippen molar-refractivity contribution in [3.8, 4) is 11.5 Å². The van der Waals surface area contributed by atoms with E-state index in [1.165, 1.54) is 0 Å². The Bertz CT molecular complexity index is 804. The van der Waals surface area contributed by atoms with Crippen molar-refractivity contribution < 1.29 is 9.53 Å². The molecule has 2 aromatic carbocycles. The lowest BCUT2D eigenvalue weighted by molar-refractivity contribution is 0.0783. The summed E-state index contributed by atoms with van der Waals surface area (Å²) < 4.78 is 5.78. The summed E-state index contributed by atoms with van der Waals surface area (Å²) in [4.78, 5) is 18.5. The van der Waals surface area contributed by atoms with Crippen LogP contribution in [0.4, 0.5) is 0 Å². The van der Waals surface area contributed by atoms with Crippen molar-refractivity contribution >= 4 is 5.91 Å². The molecule has 24 heavy (non-hydrogen) atoms. The smallest absolute Gasteiger partial charge is 0.254 e. The van der Waals surface area contributed by atoms with Crippen LogP contribution in [0.3, 0.4) is 0 Å². The average Bonchev–Trinajstić information content (AvgIpc) is 2.63. The number of para-hydroxylation sites is 1. The van der Waals surface area contributed by atoms with E-state index in [0.29, 0.717) is 17.9 Å². The molecular formula is C20H18N2O2. The lowest BCUT2D eigenvalue weighted by Crippen LogP contribution is -2.26. The topological polar surface area (TPSA) is 42.4 Å². The number of pyridine rings is 1. The van der Waals surface area contributed by atoms with E-state index < -0.39 is 0 Å². The minimum absolute atomic E-state index is 0.0702. The number of rotatable bonds is 5. The van der Waals surface area contributed by atoms with Gasteiger partial charge in [0, 0.05) is 18.8 Å². The Morgan fingerprint density at radius 2 is 1.71 bits per heavy atom. The van der Waals surface area contributed by atoms with Crippen molar-refractivity contribution in [1.29, 1.82) is 0 Å². The van der Waals surface area contributed by atoms with E-state index in [0.717, 1.165) is 11.4 Å². The first kappa shape index (κ1) is 15.7. The molecule has 0 N–H and O–H groups in total. The van der Waals surface area contributed by atoms with Crippen LogP contribution in [0, 0.1) is 0 Å². The van der Waals surface area contributed by atoms with Crippen LogP contribution < -0.4 is 4.74 Å². The lowest BCUT2D eigenvalue weighted by Gasteiger charge is -2.17. The van der Waals surface area contributed by atoms with Crippen LogP contribution in [0.2, 0.25) is 0 Å². The van der Waals surface area contributed by atoms with Crippen molar-refractivity contribution in [2.24, 2.45) is 0 Å². The Labute approximate surface area is 141 Å². The zero-order valence-corrected chi connectivity index (χ0v) is 13.4. The van der Waals surface area contributed by atoms with Crippen LogP contribution in [0.5, 0.6) is 11.5 Å². The number of aromatic nitrogens is 1. The van der Waals surface area contributed by atoms with Gasteiger partial charge in [-0.1, -0.05) is 30.3 Å². The molecular weight excluding hydrogens is 300 g/mol. The summed E-state index contributed by atoms with van der Waals surface area (Å²) in [5.41, 5.74) is 1.44. The number of benzene rings is 2. The third-order valence-corrected chi connectivity index (χ3v) is 3.53. The van der Waals surface area contributed by atoms with Gasteiger partial charge in [0.05, 0.1) is 12.2 Å². The fraction of sp³-hybridized carbons (Fsp3) is 0.100.